The molecule has 1 saturated heterocycles. The van der Waals surface area contributed by atoms with Crippen molar-refractivity contribution in [2.75, 3.05) is 13.1 Å². The number of piperidine rings is 1. The van der Waals surface area contributed by atoms with E-state index < -0.39 is 0 Å². The molecule has 0 bridgehead atoms. The van der Waals surface area contributed by atoms with E-state index in [1.165, 1.54) is 0 Å². The minimum atomic E-state index is -0.330. The van der Waals surface area contributed by atoms with Crippen molar-refractivity contribution in [1.82, 2.24) is 15.1 Å². The molecule has 1 aliphatic rings. The predicted molar refractivity (Wildman–Crippen MR) is 68.3 cm³/mol. The van der Waals surface area contributed by atoms with Crippen LogP contribution in [0, 0.1) is 12.8 Å². The van der Waals surface area contributed by atoms with Gasteiger partial charge in [-0.3, -0.25) is 4.68 Å². The van der Waals surface area contributed by atoms with Gasteiger partial charge >= 0.3 is 0 Å². The molecule has 2 heterocycles. The van der Waals surface area contributed by atoms with E-state index in [9.17, 15) is 5.11 Å². The Labute approximate surface area is 107 Å². The van der Waals surface area contributed by atoms with Gasteiger partial charge in [-0.25, -0.2) is 0 Å². The molecule has 0 spiro atoms. The molecule has 0 aromatic carbocycles. The highest BCUT2D eigenvalue weighted by atomic mass is 35.5. The van der Waals surface area contributed by atoms with Crippen LogP contribution in [0.2, 0.25) is 5.15 Å². The van der Waals surface area contributed by atoms with E-state index in [4.69, 9.17) is 11.6 Å². The molecule has 2 N–H and O–H groups in total. The summed E-state index contributed by atoms with van der Waals surface area (Å²) in [6.07, 6.45) is 2.50. The van der Waals surface area contributed by atoms with Gasteiger partial charge in [-0.15, -0.1) is 0 Å². The number of halogens is 1. The number of hydrogen-bond acceptors (Lipinski definition) is 3. The monoisotopic (exact) mass is 257 g/mol. The van der Waals surface area contributed by atoms with E-state index in [1.54, 1.807) is 4.68 Å². The van der Waals surface area contributed by atoms with Crippen molar-refractivity contribution in [3.05, 3.63) is 16.4 Å². The maximum absolute atomic E-state index is 10.2. The fourth-order valence-electron chi connectivity index (χ4n) is 2.49. The average molecular weight is 258 g/mol. The summed E-state index contributed by atoms with van der Waals surface area (Å²) in [5.41, 5.74) is 1.90. The quantitative estimate of drug-likeness (QED) is 0.858. The molecular formula is C12H20ClN3O. The fourth-order valence-corrected chi connectivity index (χ4v) is 2.74. The number of aromatic nitrogens is 2. The van der Waals surface area contributed by atoms with Gasteiger partial charge in [-0.2, -0.15) is 5.10 Å². The SMILES string of the molecule is Cc1nn(C)c(Cl)c1CC(O)C1CCCNC1. The first-order valence-corrected chi connectivity index (χ1v) is 6.54. The molecule has 0 aliphatic carbocycles. The molecule has 2 atom stereocenters. The molecule has 2 rings (SSSR count). The molecule has 5 heteroatoms. The summed E-state index contributed by atoms with van der Waals surface area (Å²) in [7, 11) is 1.83. The molecule has 2 unspecified atom stereocenters. The third-order valence-electron chi connectivity index (χ3n) is 3.56. The van der Waals surface area contributed by atoms with E-state index in [0.717, 1.165) is 37.2 Å². The molecule has 1 fully saturated rings. The number of rotatable bonds is 3. The number of aryl methyl sites for hydroxylation is 2. The molecule has 1 aromatic rings. The molecule has 0 saturated carbocycles. The topological polar surface area (TPSA) is 50.1 Å². The van der Waals surface area contributed by atoms with Crippen molar-refractivity contribution in [1.29, 1.82) is 0 Å². The first kappa shape index (κ1) is 12.9. The van der Waals surface area contributed by atoms with Crippen molar-refractivity contribution in [2.45, 2.75) is 32.3 Å². The highest BCUT2D eigenvalue weighted by molar-refractivity contribution is 6.30. The molecule has 17 heavy (non-hydrogen) atoms. The van der Waals surface area contributed by atoms with Gasteiger partial charge in [0.15, 0.2) is 0 Å². The lowest BCUT2D eigenvalue weighted by Gasteiger charge is -2.27. The Morgan fingerprint density at radius 3 is 2.94 bits per heavy atom. The third-order valence-corrected chi connectivity index (χ3v) is 4.04. The molecule has 0 radical (unpaired) electrons. The Bertz CT molecular complexity index is 385. The maximum Gasteiger partial charge on any atom is 0.130 e. The Kier molecular flexibility index (Phi) is 4.07. The van der Waals surface area contributed by atoms with E-state index in [-0.39, 0.29) is 6.10 Å². The number of nitrogens with one attached hydrogen (secondary N) is 1. The molecule has 1 aromatic heterocycles. The summed E-state index contributed by atoms with van der Waals surface area (Å²) in [6.45, 7) is 3.90. The number of nitrogens with zero attached hydrogens (tertiary/aromatic N) is 2. The molecule has 4 nitrogen and oxygen atoms in total. The van der Waals surface area contributed by atoms with Gasteiger partial charge in [0.05, 0.1) is 11.8 Å². The first-order chi connectivity index (χ1) is 8.09. The largest absolute Gasteiger partial charge is 0.392 e. The van der Waals surface area contributed by atoms with E-state index in [2.05, 4.69) is 10.4 Å². The lowest BCUT2D eigenvalue weighted by Crippen LogP contribution is -2.37. The van der Waals surface area contributed by atoms with Crippen molar-refractivity contribution in [3.63, 3.8) is 0 Å². The highest BCUT2D eigenvalue weighted by Gasteiger charge is 2.24. The zero-order chi connectivity index (χ0) is 12.4. The van der Waals surface area contributed by atoms with Gasteiger partial charge in [0.25, 0.3) is 0 Å². The van der Waals surface area contributed by atoms with Crippen LogP contribution < -0.4 is 5.32 Å². The smallest absolute Gasteiger partial charge is 0.130 e. The second-order valence-electron chi connectivity index (χ2n) is 4.86. The van der Waals surface area contributed by atoms with Crippen LogP contribution in [0.1, 0.15) is 24.1 Å². The minimum Gasteiger partial charge on any atom is -0.392 e. The van der Waals surface area contributed by atoms with E-state index in [1.807, 2.05) is 14.0 Å². The van der Waals surface area contributed by atoms with Crippen LogP contribution in [0.15, 0.2) is 0 Å². The molecule has 96 valence electrons. The minimum absolute atomic E-state index is 0.330. The number of aliphatic hydroxyl groups is 1. The summed E-state index contributed by atoms with van der Waals surface area (Å²) in [5.74, 6) is 0.333. The maximum atomic E-state index is 10.2. The van der Waals surface area contributed by atoms with Crippen LogP contribution in [-0.4, -0.2) is 34.1 Å². The predicted octanol–water partition coefficient (Wildman–Crippen LogP) is 1.28. The summed E-state index contributed by atoms with van der Waals surface area (Å²) in [6, 6.07) is 0. The zero-order valence-corrected chi connectivity index (χ0v) is 11.2. The fraction of sp³-hybridized carbons (Fsp3) is 0.750. The Hall–Kier alpha value is -0.580. The normalized spacial score (nSPS) is 22.7. The summed E-state index contributed by atoms with van der Waals surface area (Å²) in [4.78, 5) is 0. The lowest BCUT2D eigenvalue weighted by molar-refractivity contribution is 0.0921. The van der Waals surface area contributed by atoms with Crippen LogP contribution in [0.4, 0.5) is 0 Å². The van der Waals surface area contributed by atoms with Crippen LogP contribution in [-0.2, 0) is 13.5 Å². The number of hydrogen-bond donors (Lipinski definition) is 2. The Balaban J connectivity index is 2.04. The van der Waals surface area contributed by atoms with Gasteiger partial charge in [-0.05, 0) is 32.2 Å². The standard InChI is InChI=1S/C12H20ClN3O/c1-8-10(12(13)16(2)15-8)6-11(17)9-4-3-5-14-7-9/h9,11,14,17H,3-7H2,1-2H3. The van der Waals surface area contributed by atoms with Crippen molar-refractivity contribution in [3.8, 4) is 0 Å². The second-order valence-corrected chi connectivity index (χ2v) is 5.21. The molecule has 0 amide bonds. The highest BCUT2D eigenvalue weighted by Crippen LogP contribution is 2.24. The van der Waals surface area contributed by atoms with Gasteiger partial charge in [0, 0.05) is 25.6 Å². The average Bonchev–Trinajstić information content (AvgIpc) is 2.57. The van der Waals surface area contributed by atoms with Crippen molar-refractivity contribution < 1.29 is 5.11 Å². The van der Waals surface area contributed by atoms with Gasteiger partial charge < -0.3 is 10.4 Å². The molecule has 1 aliphatic heterocycles. The van der Waals surface area contributed by atoms with Gasteiger partial charge in [0.2, 0.25) is 0 Å². The molecular weight excluding hydrogens is 238 g/mol. The third kappa shape index (κ3) is 2.81. The van der Waals surface area contributed by atoms with Crippen molar-refractivity contribution in [2.24, 2.45) is 13.0 Å². The second kappa shape index (κ2) is 5.38. The lowest BCUT2D eigenvalue weighted by atomic mass is 9.90. The van der Waals surface area contributed by atoms with Gasteiger partial charge in [0.1, 0.15) is 5.15 Å². The first-order valence-electron chi connectivity index (χ1n) is 6.16. The summed E-state index contributed by atoms with van der Waals surface area (Å²) >= 11 is 6.17. The van der Waals surface area contributed by atoms with E-state index >= 15 is 0 Å². The number of aliphatic hydroxyl groups excluding tert-OH is 1. The van der Waals surface area contributed by atoms with Crippen LogP contribution in [0.5, 0.6) is 0 Å². The van der Waals surface area contributed by atoms with Crippen LogP contribution in [0.3, 0.4) is 0 Å². The zero-order valence-electron chi connectivity index (χ0n) is 10.4. The van der Waals surface area contributed by atoms with Crippen LogP contribution in [0.25, 0.3) is 0 Å². The van der Waals surface area contributed by atoms with Gasteiger partial charge in [-0.1, -0.05) is 11.6 Å². The Morgan fingerprint density at radius 1 is 1.65 bits per heavy atom. The van der Waals surface area contributed by atoms with Crippen molar-refractivity contribution >= 4 is 11.6 Å². The summed E-state index contributed by atoms with van der Waals surface area (Å²) in [5, 5.41) is 18.5. The summed E-state index contributed by atoms with van der Waals surface area (Å²) < 4.78 is 1.66. The van der Waals surface area contributed by atoms with Crippen LogP contribution >= 0.6 is 11.6 Å². The Morgan fingerprint density at radius 2 is 2.41 bits per heavy atom. The van der Waals surface area contributed by atoms with E-state index in [0.29, 0.717) is 17.5 Å².